The molecule has 1 aromatic carbocycles. The van der Waals surface area contributed by atoms with Crippen LogP contribution in [0.3, 0.4) is 0 Å². The lowest BCUT2D eigenvalue weighted by atomic mass is 10.3. The lowest BCUT2D eigenvalue weighted by Crippen LogP contribution is -2.12. The molecule has 1 heterocycles. The number of hydrogen-bond acceptors (Lipinski definition) is 3. The topological polar surface area (TPSA) is 64.4 Å². The second-order valence-electron chi connectivity index (χ2n) is 3.86. The monoisotopic (exact) mass is 264 g/mol. The normalized spacial score (nSPS) is 10.4. The van der Waals surface area contributed by atoms with E-state index in [1.165, 1.54) is 18.3 Å². The molecule has 0 aliphatic heterocycles. The molecule has 0 saturated carbocycles. The molecule has 0 saturated heterocycles. The van der Waals surface area contributed by atoms with E-state index < -0.39 is 5.97 Å². The number of carboxylic acid groups (broad SMARTS) is 1. The van der Waals surface area contributed by atoms with E-state index in [0.29, 0.717) is 18.1 Å². The van der Waals surface area contributed by atoms with Crippen molar-refractivity contribution in [2.24, 2.45) is 0 Å². The highest BCUT2D eigenvalue weighted by Crippen LogP contribution is 2.14. The molecular weight excluding hydrogens is 251 g/mol. The maximum absolute atomic E-state index is 13.0. The summed E-state index contributed by atoms with van der Waals surface area (Å²) in [4.78, 5) is 15.0. The van der Waals surface area contributed by atoms with Crippen LogP contribution in [0.25, 0.3) is 0 Å². The second-order valence-corrected chi connectivity index (χ2v) is 3.86. The summed E-state index contributed by atoms with van der Waals surface area (Å²) in [5, 5.41) is 8.98. The first-order valence-corrected chi connectivity index (χ1v) is 5.78. The number of aromatic nitrogens is 2. The minimum atomic E-state index is -1.04. The number of carbonyl (C=O) groups is 1. The van der Waals surface area contributed by atoms with Gasteiger partial charge in [-0.2, -0.15) is 0 Å². The summed E-state index contributed by atoms with van der Waals surface area (Å²) in [7, 11) is 0. The van der Waals surface area contributed by atoms with E-state index in [1.54, 1.807) is 16.7 Å². The maximum Gasteiger partial charge on any atom is 0.354 e. The number of imidazole rings is 1. The number of carboxylic acids is 1. The van der Waals surface area contributed by atoms with Gasteiger partial charge in [-0.1, -0.05) is 6.07 Å². The van der Waals surface area contributed by atoms with Gasteiger partial charge in [0.15, 0.2) is 0 Å². The summed E-state index contributed by atoms with van der Waals surface area (Å²) >= 11 is 0. The third-order valence-corrected chi connectivity index (χ3v) is 2.64. The van der Waals surface area contributed by atoms with Gasteiger partial charge in [0.05, 0.1) is 6.20 Å². The molecule has 0 radical (unpaired) electrons. The highest BCUT2D eigenvalue weighted by Gasteiger charge is 2.14. The first-order valence-electron chi connectivity index (χ1n) is 5.78. The molecule has 2 rings (SSSR count). The van der Waals surface area contributed by atoms with Crippen LogP contribution in [0.15, 0.2) is 30.5 Å². The third-order valence-electron chi connectivity index (χ3n) is 2.64. The number of nitrogens with zero attached hydrogens (tertiary/aromatic N) is 2. The fourth-order valence-electron chi connectivity index (χ4n) is 1.76. The molecule has 19 heavy (non-hydrogen) atoms. The van der Waals surface area contributed by atoms with Crippen LogP contribution in [0.1, 0.15) is 23.2 Å². The van der Waals surface area contributed by atoms with Crippen molar-refractivity contribution in [3.05, 3.63) is 47.8 Å². The molecule has 100 valence electrons. The van der Waals surface area contributed by atoms with Crippen molar-refractivity contribution in [3.8, 4) is 5.75 Å². The lowest BCUT2D eigenvalue weighted by molar-refractivity contribution is 0.0684. The van der Waals surface area contributed by atoms with Crippen LogP contribution in [0.2, 0.25) is 0 Å². The Kier molecular flexibility index (Phi) is 3.79. The van der Waals surface area contributed by atoms with Gasteiger partial charge in [-0.3, -0.25) is 0 Å². The second kappa shape index (κ2) is 5.51. The number of halogens is 1. The van der Waals surface area contributed by atoms with Gasteiger partial charge >= 0.3 is 5.97 Å². The number of hydrogen-bond donors (Lipinski definition) is 1. The molecule has 1 aromatic heterocycles. The molecule has 0 bridgehead atoms. The van der Waals surface area contributed by atoms with Crippen LogP contribution in [-0.2, 0) is 13.2 Å². The molecule has 6 heteroatoms. The highest BCUT2D eigenvalue weighted by molar-refractivity contribution is 5.85. The summed E-state index contributed by atoms with van der Waals surface area (Å²) in [6.45, 7) is 2.38. The molecule has 0 aliphatic carbocycles. The quantitative estimate of drug-likeness (QED) is 0.900. The fourth-order valence-corrected chi connectivity index (χ4v) is 1.76. The van der Waals surface area contributed by atoms with Crippen molar-refractivity contribution >= 4 is 5.97 Å². The molecule has 0 fully saturated rings. The Morgan fingerprint density at radius 2 is 2.32 bits per heavy atom. The van der Waals surface area contributed by atoms with Crippen LogP contribution in [0, 0.1) is 5.82 Å². The van der Waals surface area contributed by atoms with Crippen molar-refractivity contribution in [1.82, 2.24) is 9.55 Å². The summed E-state index contributed by atoms with van der Waals surface area (Å²) in [5.41, 5.74) is 0.111. The Hall–Kier alpha value is -2.37. The predicted octanol–water partition coefficient (Wildman–Crippen LogP) is 2.32. The minimum absolute atomic E-state index is 0.0879. The molecule has 0 aliphatic rings. The zero-order chi connectivity index (χ0) is 13.8. The minimum Gasteiger partial charge on any atom is -0.486 e. The van der Waals surface area contributed by atoms with Crippen molar-refractivity contribution in [1.29, 1.82) is 0 Å². The van der Waals surface area contributed by atoms with Crippen LogP contribution in [-0.4, -0.2) is 20.6 Å². The van der Waals surface area contributed by atoms with E-state index in [1.807, 2.05) is 6.92 Å². The number of rotatable bonds is 5. The Bertz CT molecular complexity index is 595. The Morgan fingerprint density at radius 1 is 1.53 bits per heavy atom. The lowest BCUT2D eigenvalue weighted by Gasteiger charge is -2.09. The SMILES string of the molecule is CCn1c(C(=O)O)cnc1COc1cccc(F)c1. The van der Waals surface area contributed by atoms with Gasteiger partial charge in [0, 0.05) is 12.6 Å². The van der Waals surface area contributed by atoms with E-state index in [0.717, 1.165) is 0 Å². The van der Waals surface area contributed by atoms with Gasteiger partial charge < -0.3 is 14.4 Å². The largest absolute Gasteiger partial charge is 0.486 e. The number of benzene rings is 1. The Morgan fingerprint density at radius 3 is 2.95 bits per heavy atom. The van der Waals surface area contributed by atoms with Crippen molar-refractivity contribution < 1.29 is 19.0 Å². The molecular formula is C13H13FN2O3. The van der Waals surface area contributed by atoms with Gasteiger partial charge in [0.2, 0.25) is 0 Å². The molecule has 0 unspecified atom stereocenters. The summed E-state index contributed by atoms with van der Waals surface area (Å²) < 4.78 is 19.9. The standard InChI is InChI=1S/C13H13FN2O3/c1-2-16-11(13(17)18)7-15-12(16)8-19-10-5-3-4-9(14)6-10/h3-7H,2,8H2,1H3,(H,17,18). The Balaban J connectivity index is 2.14. The first kappa shape index (κ1) is 13.1. The molecule has 0 spiro atoms. The predicted molar refractivity (Wildman–Crippen MR) is 65.6 cm³/mol. The van der Waals surface area contributed by atoms with E-state index in [4.69, 9.17) is 9.84 Å². The van der Waals surface area contributed by atoms with E-state index >= 15 is 0 Å². The zero-order valence-corrected chi connectivity index (χ0v) is 10.3. The first-order chi connectivity index (χ1) is 9.11. The number of ether oxygens (including phenoxy) is 1. The molecule has 0 atom stereocenters. The van der Waals surface area contributed by atoms with Crippen molar-refractivity contribution in [3.63, 3.8) is 0 Å². The van der Waals surface area contributed by atoms with Crippen molar-refractivity contribution in [2.75, 3.05) is 0 Å². The molecule has 1 N–H and O–H groups in total. The van der Waals surface area contributed by atoms with Gasteiger partial charge in [0.1, 0.15) is 29.7 Å². The summed E-state index contributed by atoms with van der Waals surface area (Å²) in [5.74, 6) is -0.555. The van der Waals surface area contributed by atoms with E-state index in [-0.39, 0.29) is 18.1 Å². The van der Waals surface area contributed by atoms with E-state index in [2.05, 4.69) is 4.98 Å². The van der Waals surface area contributed by atoms with Gasteiger partial charge in [-0.15, -0.1) is 0 Å². The van der Waals surface area contributed by atoms with Gasteiger partial charge in [-0.25, -0.2) is 14.2 Å². The third kappa shape index (κ3) is 2.90. The Labute approximate surface area is 109 Å². The smallest absolute Gasteiger partial charge is 0.354 e. The zero-order valence-electron chi connectivity index (χ0n) is 10.3. The van der Waals surface area contributed by atoms with Crippen LogP contribution in [0.5, 0.6) is 5.75 Å². The highest BCUT2D eigenvalue weighted by atomic mass is 19.1. The summed E-state index contributed by atoms with van der Waals surface area (Å²) in [6.07, 6.45) is 1.29. The average Bonchev–Trinajstić information content (AvgIpc) is 2.79. The summed E-state index contributed by atoms with van der Waals surface area (Å²) in [6, 6.07) is 5.75. The van der Waals surface area contributed by atoms with Crippen LogP contribution < -0.4 is 4.74 Å². The van der Waals surface area contributed by atoms with E-state index in [9.17, 15) is 9.18 Å². The molecule has 0 amide bonds. The van der Waals surface area contributed by atoms with Crippen molar-refractivity contribution in [2.45, 2.75) is 20.1 Å². The fraction of sp³-hybridized carbons (Fsp3) is 0.231. The van der Waals surface area contributed by atoms with Crippen LogP contribution in [0.4, 0.5) is 4.39 Å². The van der Waals surface area contributed by atoms with Gasteiger partial charge in [0.25, 0.3) is 0 Å². The molecule has 2 aromatic rings. The van der Waals surface area contributed by atoms with Crippen LogP contribution >= 0.6 is 0 Å². The maximum atomic E-state index is 13.0. The molecule has 5 nitrogen and oxygen atoms in total. The average molecular weight is 264 g/mol. The van der Waals surface area contributed by atoms with Gasteiger partial charge in [-0.05, 0) is 19.1 Å². The number of aromatic carboxylic acids is 1.